The molecule has 0 unspecified atom stereocenters. The topological polar surface area (TPSA) is 100 Å². The molecule has 0 radical (unpaired) electrons. The zero-order chi connectivity index (χ0) is 29.3. The molecule has 1 saturated carbocycles. The molecule has 3 N–H and O–H groups in total. The van der Waals surface area contributed by atoms with Gasteiger partial charge in [-0.05, 0) is 62.4 Å². The Morgan fingerprint density at radius 2 is 1.71 bits per heavy atom. The van der Waals surface area contributed by atoms with Crippen molar-refractivity contribution in [3.8, 4) is 0 Å². The first-order chi connectivity index (χ1) is 20.5. The highest BCUT2D eigenvalue weighted by molar-refractivity contribution is 5.97. The van der Waals surface area contributed by atoms with Gasteiger partial charge in [0.25, 0.3) is 5.91 Å². The highest BCUT2D eigenvalue weighted by Gasteiger charge is 2.24. The maximum Gasteiger partial charge on any atom is 0.254 e. The lowest BCUT2D eigenvalue weighted by Crippen LogP contribution is -2.49. The summed E-state index contributed by atoms with van der Waals surface area (Å²) in [6.07, 6.45) is 10.9. The van der Waals surface area contributed by atoms with Gasteiger partial charge in [0.05, 0.1) is 11.0 Å². The summed E-state index contributed by atoms with van der Waals surface area (Å²) in [7, 11) is 0. The number of hydrogen-bond acceptors (Lipinski definition) is 5. The van der Waals surface area contributed by atoms with Crippen LogP contribution in [0.1, 0.15) is 79.2 Å². The molecule has 8 nitrogen and oxygen atoms in total. The summed E-state index contributed by atoms with van der Waals surface area (Å²) in [4.78, 5) is 23.1. The smallest absolute Gasteiger partial charge is 0.254 e. The number of piperazine rings is 1. The third kappa shape index (κ3) is 7.78. The Morgan fingerprint density at radius 3 is 2.43 bits per heavy atom. The summed E-state index contributed by atoms with van der Waals surface area (Å²) in [6, 6.07) is 13.9. The molecule has 2 aromatic carbocycles. The van der Waals surface area contributed by atoms with Crippen molar-refractivity contribution in [2.45, 2.75) is 71.3 Å². The van der Waals surface area contributed by atoms with Crippen molar-refractivity contribution in [3.63, 3.8) is 0 Å². The van der Waals surface area contributed by atoms with E-state index in [2.05, 4.69) is 15.5 Å². The lowest BCUT2D eigenvalue weighted by atomic mass is 9.87. The predicted molar refractivity (Wildman–Crippen MR) is 169 cm³/mol. The monoisotopic (exact) mass is 572 g/mol. The van der Waals surface area contributed by atoms with Gasteiger partial charge in [0.15, 0.2) is 0 Å². The van der Waals surface area contributed by atoms with E-state index in [1.54, 1.807) is 0 Å². The second-order valence-electron chi connectivity index (χ2n) is 12.0. The van der Waals surface area contributed by atoms with E-state index in [-0.39, 0.29) is 11.7 Å². The number of amides is 1. The quantitative estimate of drug-likeness (QED) is 0.165. The second kappa shape index (κ2) is 14.8. The summed E-state index contributed by atoms with van der Waals surface area (Å²) in [5, 5.41) is 7.63. The Morgan fingerprint density at radius 1 is 0.976 bits per heavy atom. The van der Waals surface area contributed by atoms with Gasteiger partial charge < -0.3 is 19.9 Å². The third-order valence-electron chi connectivity index (χ3n) is 9.09. The number of rotatable bonds is 13. The van der Waals surface area contributed by atoms with Gasteiger partial charge in [0.1, 0.15) is 11.7 Å². The number of fused-ring (bicyclic) bond motifs is 1. The highest BCUT2D eigenvalue weighted by atomic mass is 16.5. The number of hydrogen-bond donors (Lipinski definition) is 2. The summed E-state index contributed by atoms with van der Waals surface area (Å²) in [5.74, 6) is 2.12. The van der Waals surface area contributed by atoms with Crippen LogP contribution in [0.4, 0.5) is 0 Å². The minimum Gasteiger partial charge on any atom is -0.384 e. The molecule has 0 spiro atoms. The molecule has 1 saturated heterocycles. The van der Waals surface area contributed by atoms with Crippen molar-refractivity contribution < 1.29 is 9.53 Å². The average molecular weight is 573 g/mol. The molecule has 1 aliphatic carbocycles. The summed E-state index contributed by atoms with van der Waals surface area (Å²) < 4.78 is 7.89. The predicted octanol–water partition coefficient (Wildman–Crippen LogP) is 5.26. The zero-order valence-corrected chi connectivity index (χ0v) is 25.3. The van der Waals surface area contributed by atoms with Crippen molar-refractivity contribution >= 4 is 22.8 Å². The molecular formula is C34H48N6O2. The van der Waals surface area contributed by atoms with Gasteiger partial charge in [0, 0.05) is 63.5 Å². The van der Waals surface area contributed by atoms with Crippen LogP contribution < -0.4 is 5.73 Å². The fourth-order valence-corrected chi connectivity index (χ4v) is 6.53. The number of ether oxygens (including phenoxy) is 1. The van der Waals surface area contributed by atoms with E-state index in [0.717, 1.165) is 85.9 Å². The molecule has 0 atom stereocenters. The Hall–Kier alpha value is -3.23. The van der Waals surface area contributed by atoms with E-state index < -0.39 is 0 Å². The van der Waals surface area contributed by atoms with E-state index in [1.165, 1.54) is 50.6 Å². The lowest BCUT2D eigenvalue weighted by molar-refractivity contribution is 0.0627. The van der Waals surface area contributed by atoms with Gasteiger partial charge in [-0.15, -0.1) is 0 Å². The Bertz CT molecular complexity index is 1320. The van der Waals surface area contributed by atoms with Crippen molar-refractivity contribution in [1.29, 1.82) is 5.41 Å². The summed E-state index contributed by atoms with van der Waals surface area (Å²) >= 11 is 0. The van der Waals surface area contributed by atoms with Crippen LogP contribution in [0.2, 0.25) is 0 Å². The zero-order valence-electron chi connectivity index (χ0n) is 25.3. The fourth-order valence-electron chi connectivity index (χ4n) is 6.53. The van der Waals surface area contributed by atoms with Crippen molar-refractivity contribution in [1.82, 2.24) is 19.4 Å². The van der Waals surface area contributed by atoms with Gasteiger partial charge in [-0.2, -0.15) is 0 Å². The van der Waals surface area contributed by atoms with Crippen LogP contribution in [-0.4, -0.2) is 77.0 Å². The largest absolute Gasteiger partial charge is 0.384 e. The maximum atomic E-state index is 13.5. The summed E-state index contributed by atoms with van der Waals surface area (Å²) in [6.45, 7) is 8.96. The van der Waals surface area contributed by atoms with Gasteiger partial charge in [0.2, 0.25) is 0 Å². The van der Waals surface area contributed by atoms with Gasteiger partial charge >= 0.3 is 0 Å². The number of nitrogen functional groups attached to an aromatic ring is 1. The second-order valence-corrected chi connectivity index (χ2v) is 12.0. The Kier molecular flexibility index (Phi) is 10.6. The molecule has 0 bridgehead atoms. The number of nitrogens with two attached hydrogens (primary N) is 1. The number of nitrogens with zero attached hydrogens (tertiary/aromatic N) is 4. The van der Waals surface area contributed by atoms with Gasteiger partial charge in [-0.25, -0.2) is 4.98 Å². The highest BCUT2D eigenvalue weighted by Crippen LogP contribution is 2.27. The molecular weight excluding hydrogens is 524 g/mol. The molecule has 3 aromatic rings. The number of aromatic nitrogens is 2. The lowest BCUT2D eigenvalue weighted by Gasteiger charge is -2.35. The fraction of sp³-hybridized carbons (Fsp3) is 0.559. The van der Waals surface area contributed by atoms with E-state index >= 15 is 0 Å². The molecule has 8 heteroatoms. The molecule has 5 rings (SSSR count). The molecule has 2 heterocycles. The van der Waals surface area contributed by atoms with Crippen LogP contribution in [-0.2, 0) is 24.1 Å². The molecule has 2 fully saturated rings. The number of carbonyl (C=O) groups is 1. The minimum atomic E-state index is 0.0829. The maximum absolute atomic E-state index is 13.5. The average Bonchev–Trinajstić information content (AvgIpc) is 3.38. The van der Waals surface area contributed by atoms with Crippen LogP contribution >= 0.6 is 0 Å². The Labute approximate surface area is 250 Å². The molecule has 42 heavy (non-hydrogen) atoms. The van der Waals surface area contributed by atoms with E-state index in [9.17, 15) is 4.79 Å². The van der Waals surface area contributed by atoms with Crippen LogP contribution in [0.3, 0.4) is 0 Å². The number of nitrogens with one attached hydrogen (secondary N) is 1. The molecule has 226 valence electrons. The first kappa shape index (κ1) is 30.2. The molecule has 1 aromatic heterocycles. The minimum absolute atomic E-state index is 0.0829. The van der Waals surface area contributed by atoms with E-state index in [1.807, 2.05) is 48.2 Å². The number of imidazole rings is 1. The Balaban J connectivity index is 1.23. The van der Waals surface area contributed by atoms with E-state index in [0.29, 0.717) is 13.2 Å². The third-order valence-corrected chi connectivity index (χ3v) is 9.09. The number of amidine groups is 1. The van der Waals surface area contributed by atoms with Crippen molar-refractivity contribution in [2.75, 3.05) is 45.9 Å². The first-order valence-electron chi connectivity index (χ1n) is 16.0. The van der Waals surface area contributed by atoms with Crippen molar-refractivity contribution in [2.24, 2.45) is 11.7 Å². The molecule has 1 aliphatic heterocycles. The van der Waals surface area contributed by atoms with Gasteiger partial charge in [-0.3, -0.25) is 15.1 Å². The van der Waals surface area contributed by atoms with Crippen LogP contribution in [0.25, 0.3) is 11.0 Å². The number of aryl methyl sites for hydroxylation is 3. The van der Waals surface area contributed by atoms with Crippen LogP contribution in [0.5, 0.6) is 0 Å². The van der Waals surface area contributed by atoms with Crippen molar-refractivity contribution in [3.05, 3.63) is 65.0 Å². The SMILES string of the molecule is CCOCCCn1c(CCc2ccc(C(=N)N)cc2)nc2cc(C(=O)N3CCN(CCC4CCCCC4)CC3)ccc21. The molecule has 2 aliphatic rings. The van der Waals surface area contributed by atoms with Crippen LogP contribution in [0, 0.1) is 11.3 Å². The number of carbonyl (C=O) groups excluding carboxylic acids is 1. The summed E-state index contributed by atoms with van der Waals surface area (Å²) in [5.41, 5.74) is 10.2. The number of benzene rings is 2. The van der Waals surface area contributed by atoms with Crippen LogP contribution in [0.15, 0.2) is 42.5 Å². The van der Waals surface area contributed by atoms with E-state index in [4.69, 9.17) is 20.9 Å². The van der Waals surface area contributed by atoms with Gasteiger partial charge in [-0.1, -0.05) is 56.4 Å². The first-order valence-corrected chi connectivity index (χ1v) is 16.0. The normalized spacial score (nSPS) is 16.7. The molecule has 1 amide bonds. The standard InChI is InChI=1S/C34H48N6O2/c1-2-42-24-6-18-40-31-15-14-29(25-30(31)37-32(40)16-11-27-9-12-28(13-10-27)33(35)36)34(41)39-22-20-38(21-23-39)19-17-26-7-4-3-5-8-26/h9-10,12-15,25-26H,2-8,11,16-24H2,1H3,(H3,35,36).